The second kappa shape index (κ2) is 11.9. The topological polar surface area (TPSA) is 137 Å². The number of rotatable bonds is 4. The van der Waals surface area contributed by atoms with Gasteiger partial charge in [-0.1, -0.05) is 18.2 Å². The predicted octanol–water partition coefficient (Wildman–Crippen LogP) is 1.37. The first-order valence-electron chi connectivity index (χ1n) is 12.9. The third kappa shape index (κ3) is 7.17. The molecule has 4 rings (SSSR count). The average molecular weight is 512 g/mol. The van der Waals surface area contributed by atoms with Crippen molar-refractivity contribution in [2.75, 3.05) is 38.1 Å². The van der Waals surface area contributed by atoms with Crippen molar-refractivity contribution < 1.29 is 24.5 Å². The van der Waals surface area contributed by atoms with Crippen molar-refractivity contribution in [3.05, 3.63) is 47.3 Å². The van der Waals surface area contributed by atoms with Crippen LogP contribution in [0.2, 0.25) is 0 Å². The number of aliphatic hydroxyl groups is 2. The Morgan fingerprint density at radius 2 is 1.86 bits per heavy atom. The van der Waals surface area contributed by atoms with Crippen LogP contribution in [0.1, 0.15) is 42.6 Å². The van der Waals surface area contributed by atoms with Crippen molar-refractivity contribution in [3.63, 3.8) is 0 Å². The summed E-state index contributed by atoms with van der Waals surface area (Å²) in [5, 5.41) is 27.7. The molecule has 0 aliphatic carbocycles. The first kappa shape index (κ1) is 26.8. The number of benzene rings is 1. The largest absolute Gasteiger partial charge is 0.483 e. The lowest BCUT2D eigenvalue weighted by Crippen LogP contribution is -2.51. The number of hydrogen-bond donors (Lipinski definition) is 4. The van der Waals surface area contributed by atoms with E-state index in [9.17, 15) is 19.8 Å². The molecular formula is C27H37N5O5. The molecule has 2 aliphatic heterocycles. The van der Waals surface area contributed by atoms with Gasteiger partial charge in [-0.15, -0.1) is 0 Å². The summed E-state index contributed by atoms with van der Waals surface area (Å²) in [5.41, 5.74) is 2.07. The molecular weight excluding hydrogens is 474 g/mol. The van der Waals surface area contributed by atoms with Crippen molar-refractivity contribution in [1.82, 2.24) is 20.2 Å². The molecule has 2 aromatic rings. The molecule has 0 saturated carbocycles. The Morgan fingerprint density at radius 3 is 2.59 bits per heavy atom. The van der Waals surface area contributed by atoms with Gasteiger partial charge in [-0.3, -0.25) is 9.59 Å². The number of nitrogens with zero attached hydrogens (tertiary/aromatic N) is 3. The van der Waals surface area contributed by atoms with Crippen molar-refractivity contribution in [2.24, 2.45) is 5.41 Å². The molecule has 0 radical (unpaired) electrons. The smallest absolute Gasteiger partial charge is 0.257 e. The van der Waals surface area contributed by atoms with Crippen molar-refractivity contribution in [2.45, 2.75) is 58.2 Å². The number of piperidine rings is 1. The molecule has 4 N–H and O–H groups in total. The zero-order chi connectivity index (χ0) is 26.4. The molecule has 200 valence electrons. The minimum atomic E-state index is -0.964. The maximum absolute atomic E-state index is 12.9. The summed E-state index contributed by atoms with van der Waals surface area (Å²) in [6.45, 7) is 5.53. The van der Waals surface area contributed by atoms with Gasteiger partial charge in [0.2, 0.25) is 11.9 Å². The van der Waals surface area contributed by atoms with Crippen LogP contribution in [-0.4, -0.2) is 81.9 Å². The Balaban J connectivity index is 1.35. The summed E-state index contributed by atoms with van der Waals surface area (Å²) in [7, 11) is 0. The monoisotopic (exact) mass is 511 g/mol. The van der Waals surface area contributed by atoms with E-state index in [0.29, 0.717) is 63.6 Å². The molecule has 1 fully saturated rings. The first-order chi connectivity index (χ1) is 17.7. The van der Waals surface area contributed by atoms with Crippen molar-refractivity contribution >= 4 is 17.8 Å². The molecule has 1 aromatic carbocycles. The molecule has 37 heavy (non-hydrogen) atoms. The van der Waals surface area contributed by atoms with Gasteiger partial charge in [-0.05, 0) is 56.2 Å². The minimum absolute atomic E-state index is 0.0366. The number of para-hydroxylation sites is 1. The van der Waals surface area contributed by atoms with Crippen molar-refractivity contribution in [3.8, 4) is 5.75 Å². The fourth-order valence-corrected chi connectivity index (χ4v) is 5.16. The molecule has 2 amide bonds. The Hall–Kier alpha value is -3.24. The van der Waals surface area contributed by atoms with Gasteiger partial charge in [0.15, 0.2) is 6.61 Å². The Labute approximate surface area is 217 Å². The summed E-state index contributed by atoms with van der Waals surface area (Å²) >= 11 is 0. The van der Waals surface area contributed by atoms with Crippen LogP contribution in [0.25, 0.3) is 0 Å². The lowest BCUT2D eigenvalue weighted by molar-refractivity contribution is -0.134. The van der Waals surface area contributed by atoms with E-state index in [-0.39, 0.29) is 24.8 Å². The van der Waals surface area contributed by atoms with Gasteiger partial charge in [0.25, 0.3) is 5.91 Å². The number of aromatic nitrogens is 2. The second-order valence-corrected chi connectivity index (χ2v) is 10.2. The zero-order valence-corrected chi connectivity index (χ0v) is 21.6. The van der Waals surface area contributed by atoms with E-state index < -0.39 is 17.6 Å². The number of amides is 2. The quantitative estimate of drug-likeness (QED) is 0.483. The van der Waals surface area contributed by atoms with Crippen LogP contribution < -0.4 is 15.4 Å². The number of aryl methyl sites for hydroxylation is 2. The first-order valence-corrected chi connectivity index (χ1v) is 12.9. The summed E-state index contributed by atoms with van der Waals surface area (Å²) in [6.07, 6.45) is 0.200. The number of carbonyl (C=O) groups excluding carboxylic acids is 2. The normalized spacial score (nSPS) is 22.2. The van der Waals surface area contributed by atoms with E-state index in [0.717, 1.165) is 17.0 Å². The summed E-state index contributed by atoms with van der Waals surface area (Å²) in [4.78, 5) is 35.9. The number of aliphatic hydroxyl groups excluding tert-OH is 2. The van der Waals surface area contributed by atoms with Crippen molar-refractivity contribution in [1.29, 1.82) is 0 Å². The third-order valence-electron chi connectivity index (χ3n) is 7.29. The molecule has 0 unspecified atom stereocenters. The highest BCUT2D eigenvalue weighted by molar-refractivity contribution is 5.78. The fraction of sp³-hybridized carbons (Fsp3) is 0.556. The van der Waals surface area contributed by atoms with E-state index in [1.54, 1.807) is 6.07 Å². The minimum Gasteiger partial charge on any atom is -0.483 e. The number of carbonyl (C=O) groups is 2. The van der Waals surface area contributed by atoms with Gasteiger partial charge in [0.1, 0.15) is 5.75 Å². The van der Waals surface area contributed by atoms with E-state index in [2.05, 4.69) is 20.6 Å². The molecule has 2 atom stereocenters. The van der Waals surface area contributed by atoms with Crippen LogP contribution >= 0.6 is 0 Å². The van der Waals surface area contributed by atoms with E-state index >= 15 is 0 Å². The van der Waals surface area contributed by atoms with E-state index in [4.69, 9.17) is 4.74 Å². The fourth-order valence-electron chi connectivity index (χ4n) is 5.16. The summed E-state index contributed by atoms with van der Waals surface area (Å²) in [6, 6.07) is 9.13. The standard InChI is InChI=1S/C27H37N5O5/c1-18-13-19(2)31-26(30-18)28-10-7-25(36)32-11-8-27(9-12-32)15-22(34)21(33)14-20-5-3-4-6-23(20)37-16-24(35)29-17-27/h3-6,13,21-22,33-34H,7-12,14-17H2,1-2H3,(H,29,35)(H,28,30,31)/t21-,22+/m0/s1. The van der Waals surface area contributed by atoms with Crippen LogP contribution in [-0.2, 0) is 16.0 Å². The number of ether oxygens (including phenoxy) is 1. The number of likely N-dealkylation sites (tertiary alicyclic amines) is 1. The van der Waals surface area contributed by atoms with E-state index in [1.807, 2.05) is 43.0 Å². The van der Waals surface area contributed by atoms with E-state index in [1.165, 1.54) is 0 Å². The number of nitrogens with one attached hydrogen (secondary N) is 2. The highest BCUT2D eigenvalue weighted by atomic mass is 16.5. The van der Waals surface area contributed by atoms with Crippen LogP contribution in [0.15, 0.2) is 30.3 Å². The summed E-state index contributed by atoms with van der Waals surface area (Å²) < 4.78 is 5.69. The Morgan fingerprint density at radius 1 is 1.16 bits per heavy atom. The van der Waals surface area contributed by atoms with Gasteiger partial charge in [-0.25, -0.2) is 9.97 Å². The van der Waals surface area contributed by atoms with Crippen LogP contribution in [0.3, 0.4) is 0 Å². The predicted molar refractivity (Wildman–Crippen MR) is 138 cm³/mol. The number of anilines is 1. The summed E-state index contributed by atoms with van der Waals surface area (Å²) in [5.74, 6) is 0.855. The van der Waals surface area contributed by atoms with Gasteiger partial charge in [0, 0.05) is 50.4 Å². The van der Waals surface area contributed by atoms with Crippen LogP contribution in [0, 0.1) is 19.3 Å². The SMILES string of the molecule is Cc1cc(C)nc(NCCC(=O)N2CCC3(CC2)CNC(=O)COc2ccccc2C[C@H](O)[C@H](O)C3)n1. The molecule has 10 heteroatoms. The third-order valence-corrected chi connectivity index (χ3v) is 7.29. The molecule has 10 nitrogen and oxygen atoms in total. The molecule has 2 aliphatic rings. The number of fused-ring (bicyclic) bond motifs is 1. The molecule has 1 aromatic heterocycles. The molecule has 0 bridgehead atoms. The molecule has 1 spiro atoms. The lowest BCUT2D eigenvalue weighted by atomic mass is 9.73. The van der Waals surface area contributed by atoms with Gasteiger partial charge in [0.05, 0.1) is 12.2 Å². The van der Waals surface area contributed by atoms with Gasteiger partial charge >= 0.3 is 0 Å². The lowest BCUT2D eigenvalue weighted by Gasteiger charge is -2.43. The Kier molecular flexibility index (Phi) is 8.60. The van der Waals surface area contributed by atoms with Crippen LogP contribution in [0.5, 0.6) is 5.75 Å². The maximum Gasteiger partial charge on any atom is 0.257 e. The highest BCUT2D eigenvalue weighted by Crippen LogP contribution is 2.37. The maximum atomic E-state index is 12.9. The second-order valence-electron chi connectivity index (χ2n) is 10.2. The molecule has 3 heterocycles. The highest BCUT2D eigenvalue weighted by Gasteiger charge is 2.39. The van der Waals surface area contributed by atoms with Gasteiger partial charge in [-0.2, -0.15) is 0 Å². The Bertz CT molecular complexity index is 1080. The number of hydrogen-bond acceptors (Lipinski definition) is 8. The van der Waals surface area contributed by atoms with Crippen LogP contribution in [0.4, 0.5) is 5.95 Å². The average Bonchev–Trinajstić information content (AvgIpc) is 2.86. The zero-order valence-electron chi connectivity index (χ0n) is 21.6. The van der Waals surface area contributed by atoms with Gasteiger partial charge < -0.3 is 30.5 Å². The molecule has 1 saturated heterocycles.